The molecule has 1 aromatic rings. The van der Waals surface area contributed by atoms with Gasteiger partial charge in [-0.1, -0.05) is 0 Å². The van der Waals surface area contributed by atoms with E-state index in [0.29, 0.717) is 12.5 Å². The van der Waals surface area contributed by atoms with Crippen LogP contribution in [0.1, 0.15) is 6.42 Å². The number of hydrogen-bond donors (Lipinski definition) is 2. The van der Waals surface area contributed by atoms with Crippen molar-refractivity contribution in [2.45, 2.75) is 11.4 Å². The van der Waals surface area contributed by atoms with Crippen LogP contribution in [0.25, 0.3) is 0 Å². The Bertz CT molecular complexity index is 396. The third-order valence-electron chi connectivity index (χ3n) is 2.35. The molecule has 1 fully saturated rings. The fraction of sp³-hybridized carbons (Fsp3) is 0.625. The molecule has 2 rings (SSSR count). The van der Waals surface area contributed by atoms with Crippen molar-refractivity contribution < 1.29 is 8.42 Å². The molecule has 0 saturated carbocycles. The molecule has 2 N–H and O–H groups in total. The first-order valence-electron chi connectivity index (χ1n) is 4.75. The normalized spacial score (nSPS) is 22.0. The van der Waals surface area contributed by atoms with Gasteiger partial charge in [-0.15, -0.1) is 0 Å². The molecule has 2 heterocycles. The van der Waals surface area contributed by atoms with E-state index in [1.807, 2.05) is 11.8 Å². The lowest BCUT2D eigenvalue weighted by Gasteiger charge is -2.09. The highest BCUT2D eigenvalue weighted by molar-refractivity contribution is 7.99. The van der Waals surface area contributed by atoms with Gasteiger partial charge in [-0.3, -0.25) is 5.10 Å². The van der Waals surface area contributed by atoms with Gasteiger partial charge in [0.05, 0.1) is 6.20 Å². The van der Waals surface area contributed by atoms with Gasteiger partial charge in [0.1, 0.15) is 0 Å². The molecule has 0 spiro atoms. The fourth-order valence-corrected chi connectivity index (χ4v) is 3.75. The molecule has 84 valence electrons. The number of sulfonamides is 1. The molecular formula is C8H13N3O2S2. The Hall–Kier alpha value is -0.530. The highest BCUT2D eigenvalue weighted by Crippen LogP contribution is 2.22. The minimum atomic E-state index is -3.38. The molecule has 0 radical (unpaired) electrons. The van der Waals surface area contributed by atoms with E-state index in [4.69, 9.17) is 0 Å². The third-order valence-corrected chi connectivity index (χ3v) is 4.94. The van der Waals surface area contributed by atoms with Crippen LogP contribution < -0.4 is 4.72 Å². The first-order valence-corrected chi connectivity index (χ1v) is 7.39. The Balaban J connectivity index is 1.93. The number of nitrogens with one attached hydrogen (secondary N) is 2. The number of rotatable bonds is 4. The van der Waals surface area contributed by atoms with E-state index in [1.54, 1.807) is 0 Å². The van der Waals surface area contributed by atoms with Crippen molar-refractivity contribution in [2.75, 3.05) is 18.1 Å². The zero-order valence-electron chi connectivity index (χ0n) is 8.14. The van der Waals surface area contributed by atoms with Gasteiger partial charge >= 0.3 is 0 Å². The summed E-state index contributed by atoms with van der Waals surface area (Å²) in [7, 11) is -3.38. The van der Waals surface area contributed by atoms with Crippen molar-refractivity contribution in [1.82, 2.24) is 14.9 Å². The van der Waals surface area contributed by atoms with Crippen molar-refractivity contribution in [3.63, 3.8) is 0 Å². The van der Waals surface area contributed by atoms with Gasteiger partial charge in [-0.05, 0) is 29.9 Å². The molecule has 1 saturated heterocycles. The molecule has 1 aromatic heterocycles. The van der Waals surface area contributed by atoms with Crippen LogP contribution in [0.15, 0.2) is 17.3 Å². The summed E-state index contributed by atoms with van der Waals surface area (Å²) in [6.45, 7) is 0.522. The summed E-state index contributed by atoms with van der Waals surface area (Å²) >= 11 is 1.88. The first-order chi connectivity index (χ1) is 7.18. The highest BCUT2D eigenvalue weighted by atomic mass is 32.2. The van der Waals surface area contributed by atoms with Crippen LogP contribution in [0.4, 0.5) is 0 Å². The third kappa shape index (κ3) is 2.73. The van der Waals surface area contributed by atoms with Crippen LogP contribution in [-0.2, 0) is 10.0 Å². The average Bonchev–Trinajstić information content (AvgIpc) is 2.88. The number of nitrogens with zero attached hydrogens (tertiary/aromatic N) is 1. The second kappa shape index (κ2) is 4.54. The monoisotopic (exact) mass is 247 g/mol. The van der Waals surface area contributed by atoms with Crippen LogP contribution >= 0.6 is 11.8 Å². The molecule has 15 heavy (non-hydrogen) atoms. The summed E-state index contributed by atoms with van der Waals surface area (Å²) in [5, 5.41) is 6.20. The van der Waals surface area contributed by atoms with E-state index in [1.165, 1.54) is 12.3 Å². The van der Waals surface area contributed by atoms with E-state index in [2.05, 4.69) is 14.9 Å². The van der Waals surface area contributed by atoms with E-state index in [0.717, 1.165) is 17.9 Å². The minimum Gasteiger partial charge on any atom is -0.266 e. The highest BCUT2D eigenvalue weighted by Gasteiger charge is 2.20. The van der Waals surface area contributed by atoms with Crippen molar-refractivity contribution in [3.8, 4) is 0 Å². The summed E-state index contributed by atoms with van der Waals surface area (Å²) in [5.41, 5.74) is 0. The van der Waals surface area contributed by atoms with Crippen LogP contribution in [0.5, 0.6) is 0 Å². The second-order valence-corrected chi connectivity index (χ2v) is 6.39. The summed E-state index contributed by atoms with van der Waals surface area (Å²) in [6, 6.07) is 1.45. The zero-order valence-corrected chi connectivity index (χ0v) is 9.77. The summed E-state index contributed by atoms with van der Waals surface area (Å²) in [6.07, 6.45) is 2.52. The standard InChI is InChI=1S/C8H13N3O2S2/c12-15(13,8-1-3-9-11-8)10-5-7-2-4-14-6-7/h1,3,7,10H,2,4-6H2,(H,9,11). The first kappa shape index (κ1) is 11.0. The number of H-pyrrole nitrogens is 1. The largest absolute Gasteiger partial charge is 0.266 e. The molecular weight excluding hydrogens is 234 g/mol. The summed E-state index contributed by atoms with van der Waals surface area (Å²) < 4.78 is 25.9. The Kier molecular flexibility index (Phi) is 3.32. The predicted molar refractivity (Wildman–Crippen MR) is 59.2 cm³/mol. The molecule has 0 aromatic carbocycles. The number of aromatic nitrogens is 2. The Morgan fingerprint density at radius 2 is 2.53 bits per heavy atom. The van der Waals surface area contributed by atoms with Gasteiger partial charge in [-0.25, -0.2) is 13.1 Å². The van der Waals surface area contributed by atoms with E-state index < -0.39 is 10.0 Å². The Morgan fingerprint density at radius 1 is 1.67 bits per heavy atom. The minimum absolute atomic E-state index is 0.133. The van der Waals surface area contributed by atoms with Gasteiger partial charge in [0, 0.05) is 6.54 Å². The maximum absolute atomic E-state index is 11.7. The van der Waals surface area contributed by atoms with Crippen LogP contribution in [0.2, 0.25) is 0 Å². The van der Waals surface area contributed by atoms with E-state index >= 15 is 0 Å². The lowest BCUT2D eigenvalue weighted by Crippen LogP contribution is -2.29. The second-order valence-electron chi connectivity index (χ2n) is 3.50. The van der Waals surface area contributed by atoms with Crippen LogP contribution in [0, 0.1) is 5.92 Å². The maximum atomic E-state index is 11.7. The quantitative estimate of drug-likeness (QED) is 0.809. The maximum Gasteiger partial charge on any atom is 0.257 e. The molecule has 1 atom stereocenters. The van der Waals surface area contributed by atoms with E-state index in [9.17, 15) is 8.42 Å². The SMILES string of the molecule is O=S(=O)(NCC1CCSC1)c1ccn[nH]1. The van der Waals surface area contributed by atoms with Gasteiger partial charge in [0.2, 0.25) is 0 Å². The van der Waals surface area contributed by atoms with Gasteiger partial charge in [-0.2, -0.15) is 16.9 Å². The topological polar surface area (TPSA) is 74.8 Å². The summed E-state index contributed by atoms with van der Waals surface area (Å²) in [4.78, 5) is 0. The van der Waals surface area contributed by atoms with Gasteiger partial charge in [0.15, 0.2) is 5.03 Å². The van der Waals surface area contributed by atoms with E-state index in [-0.39, 0.29) is 5.03 Å². The van der Waals surface area contributed by atoms with Crippen LogP contribution in [-0.4, -0.2) is 36.7 Å². The lowest BCUT2D eigenvalue weighted by atomic mass is 10.1. The Morgan fingerprint density at radius 3 is 3.13 bits per heavy atom. The fourth-order valence-electron chi connectivity index (χ4n) is 1.44. The molecule has 0 aliphatic carbocycles. The van der Waals surface area contributed by atoms with Crippen LogP contribution in [0.3, 0.4) is 0 Å². The number of thioether (sulfide) groups is 1. The molecule has 1 aliphatic rings. The summed E-state index contributed by atoms with van der Waals surface area (Å²) in [5.74, 6) is 2.65. The Labute approximate surface area is 93.1 Å². The smallest absolute Gasteiger partial charge is 0.257 e. The molecule has 1 unspecified atom stereocenters. The van der Waals surface area contributed by atoms with Gasteiger partial charge < -0.3 is 0 Å². The lowest BCUT2D eigenvalue weighted by molar-refractivity contribution is 0.543. The molecule has 5 nitrogen and oxygen atoms in total. The molecule has 0 bridgehead atoms. The molecule has 0 amide bonds. The van der Waals surface area contributed by atoms with Crippen molar-refractivity contribution >= 4 is 21.8 Å². The predicted octanol–water partition coefficient (Wildman–Crippen LogP) is 0.441. The van der Waals surface area contributed by atoms with Crippen molar-refractivity contribution in [2.24, 2.45) is 5.92 Å². The number of aromatic amines is 1. The van der Waals surface area contributed by atoms with Crippen molar-refractivity contribution in [3.05, 3.63) is 12.3 Å². The number of hydrogen-bond acceptors (Lipinski definition) is 4. The zero-order chi connectivity index (χ0) is 10.7. The molecule has 1 aliphatic heterocycles. The van der Waals surface area contributed by atoms with Gasteiger partial charge in [0.25, 0.3) is 10.0 Å². The van der Waals surface area contributed by atoms with Crippen molar-refractivity contribution in [1.29, 1.82) is 0 Å². The average molecular weight is 247 g/mol. The molecule has 7 heteroatoms.